The van der Waals surface area contributed by atoms with Crippen molar-refractivity contribution in [3.05, 3.63) is 23.9 Å². The Bertz CT molecular complexity index is 377. The van der Waals surface area contributed by atoms with Crippen molar-refractivity contribution in [3.8, 4) is 0 Å². The molecule has 1 aliphatic heterocycles. The van der Waals surface area contributed by atoms with Gasteiger partial charge < -0.3 is 5.32 Å². The third-order valence-corrected chi connectivity index (χ3v) is 3.43. The summed E-state index contributed by atoms with van der Waals surface area (Å²) in [6.45, 7) is 10.5. The molecule has 0 saturated carbocycles. The molecule has 0 aromatic carbocycles. The van der Waals surface area contributed by atoms with Crippen LogP contribution in [0.5, 0.6) is 0 Å². The van der Waals surface area contributed by atoms with E-state index in [1.165, 1.54) is 5.57 Å². The number of amides is 1. The van der Waals surface area contributed by atoms with Gasteiger partial charge in [0.25, 0.3) is 0 Å². The molecule has 1 aliphatic rings. The molecule has 1 fully saturated rings. The van der Waals surface area contributed by atoms with E-state index in [1.54, 1.807) is 7.05 Å². The Morgan fingerprint density at radius 1 is 1.47 bits per heavy atom. The third kappa shape index (κ3) is 5.39. The van der Waals surface area contributed by atoms with Crippen LogP contribution in [0.2, 0.25) is 0 Å². The molecule has 4 heteroatoms. The van der Waals surface area contributed by atoms with E-state index >= 15 is 0 Å². The van der Waals surface area contributed by atoms with E-state index in [0.717, 1.165) is 38.2 Å². The Kier molecular flexibility index (Phi) is 6.50. The number of likely N-dealkylation sites (tertiary alicyclic amines) is 1. The highest BCUT2D eigenvalue weighted by atomic mass is 16.1. The normalized spacial score (nSPS) is 18.8. The van der Waals surface area contributed by atoms with Gasteiger partial charge >= 0.3 is 0 Å². The molecule has 0 radical (unpaired) electrons. The SMILES string of the molecule is C=C(C)/N=C\C(=C/C)CN1CCC(C(=O)NC)CC1. The van der Waals surface area contributed by atoms with Crippen LogP contribution in [0.1, 0.15) is 26.7 Å². The second-order valence-corrected chi connectivity index (χ2v) is 5.02. The molecule has 1 N–H and O–H groups in total. The predicted octanol–water partition coefficient (Wildman–Crippen LogP) is 2.00. The number of allylic oxidation sites excluding steroid dienone is 2. The van der Waals surface area contributed by atoms with Crippen molar-refractivity contribution in [2.45, 2.75) is 26.7 Å². The van der Waals surface area contributed by atoms with Crippen LogP contribution in [0.3, 0.4) is 0 Å². The van der Waals surface area contributed by atoms with E-state index in [1.807, 2.05) is 20.1 Å². The molecule has 106 valence electrons. The Morgan fingerprint density at radius 3 is 2.58 bits per heavy atom. The highest BCUT2D eigenvalue weighted by Gasteiger charge is 2.24. The Balaban J connectivity index is 2.43. The largest absolute Gasteiger partial charge is 0.359 e. The molecule has 0 spiro atoms. The summed E-state index contributed by atoms with van der Waals surface area (Å²) in [5, 5.41) is 2.73. The van der Waals surface area contributed by atoms with Crippen molar-refractivity contribution in [2.24, 2.45) is 10.9 Å². The summed E-state index contributed by atoms with van der Waals surface area (Å²) < 4.78 is 0. The number of hydrogen-bond acceptors (Lipinski definition) is 3. The number of rotatable bonds is 5. The molecule has 1 amide bonds. The van der Waals surface area contributed by atoms with E-state index in [0.29, 0.717) is 0 Å². The lowest BCUT2D eigenvalue weighted by Crippen LogP contribution is -2.40. The lowest BCUT2D eigenvalue weighted by molar-refractivity contribution is -0.125. The van der Waals surface area contributed by atoms with Crippen molar-refractivity contribution >= 4 is 12.1 Å². The van der Waals surface area contributed by atoms with Crippen molar-refractivity contribution in [3.63, 3.8) is 0 Å². The highest BCUT2D eigenvalue weighted by Crippen LogP contribution is 2.17. The molecule has 0 aromatic heterocycles. The van der Waals surface area contributed by atoms with Crippen LogP contribution >= 0.6 is 0 Å². The summed E-state index contributed by atoms with van der Waals surface area (Å²) in [5.74, 6) is 0.356. The van der Waals surface area contributed by atoms with Crippen LogP contribution in [0.4, 0.5) is 0 Å². The minimum atomic E-state index is 0.176. The van der Waals surface area contributed by atoms with E-state index in [2.05, 4.69) is 27.9 Å². The van der Waals surface area contributed by atoms with E-state index in [-0.39, 0.29) is 11.8 Å². The average Bonchev–Trinajstić information content (AvgIpc) is 2.43. The number of aliphatic imine (C=N–C) groups is 1. The van der Waals surface area contributed by atoms with Crippen molar-refractivity contribution < 1.29 is 4.79 Å². The fourth-order valence-electron chi connectivity index (χ4n) is 2.22. The van der Waals surface area contributed by atoms with E-state index < -0.39 is 0 Å². The number of piperidine rings is 1. The van der Waals surface area contributed by atoms with E-state index in [9.17, 15) is 4.79 Å². The van der Waals surface area contributed by atoms with Gasteiger partial charge in [0.2, 0.25) is 5.91 Å². The summed E-state index contributed by atoms with van der Waals surface area (Å²) in [6, 6.07) is 0. The lowest BCUT2D eigenvalue weighted by Gasteiger charge is -2.31. The standard InChI is InChI=1S/C15H25N3O/c1-5-13(10-17-12(2)3)11-18-8-6-14(7-9-18)15(19)16-4/h5,10,14H,2,6-9,11H2,1,3-4H3,(H,16,19)/b13-5+,17-10-. The van der Waals surface area contributed by atoms with Gasteiger partial charge in [-0.25, -0.2) is 0 Å². The topological polar surface area (TPSA) is 44.7 Å². The zero-order valence-corrected chi connectivity index (χ0v) is 12.3. The zero-order valence-electron chi connectivity index (χ0n) is 12.3. The minimum absolute atomic E-state index is 0.176. The van der Waals surface area contributed by atoms with Gasteiger partial charge in [-0.2, -0.15) is 0 Å². The number of nitrogens with zero attached hydrogens (tertiary/aromatic N) is 2. The first-order chi connectivity index (χ1) is 9.06. The van der Waals surface area contributed by atoms with Crippen LogP contribution in [0.15, 0.2) is 28.9 Å². The van der Waals surface area contributed by atoms with E-state index in [4.69, 9.17) is 0 Å². The molecular formula is C15H25N3O. The van der Waals surface area contributed by atoms with Gasteiger partial charge in [-0.05, 0) is 45.4 Å². The summed E-state index contributed by atoms with van der Waals surface area (Å²) in [5.41, 5.74) is 2.01. The summed E-state index contributed by atoms with van der Waals surface area (Å²) >= 11 is 0. The Hall–Kier alpha value is -1.42. The fraction of sp³-hybridized carbons (Fsp3) is 0.600. The summed E-state index contributed by atoms with van der Waals surface area (Å²) in [7, 11) is 1.71. The monoisotopic (exact) mass is 263 g/mol. The minimum Gasteiger partial charge on any atom is -0.359 e. The molecule has 0 atom stereocenters. The van der Waals surface area contributed by atoms with Gasteiger partial charge in [0.05, 0.1) is 0 Å². The fourth-order valence-corrected chi connectivity index (χ4v) is 2.22. The lowest BCUT2D eigenvalue weighted by atomic mass is 9.95. The molecule has 1 rings (SSSR count). The molecule has 0 bridgehead atoms. The van der Waals surface area contributed by atoms with Gasteiger partial charge in [0, 0.05) is 31.4 Å². The first-order valence-corrected chi connectivity index (χ1v) is 6.85. The van der Waals surface area contributed by atoms with Crippen molar-refractivity contribution in [1.82, 2.24) is 10.2 Å². The maximum Gasteiger partial charge on any atom is 0.222 e. The number of carbonyl (C=O) groups is 1. The molecule has 0 aliphatic carbocycles. The molecule has 1 heterocycles. The van der Waals surface area contributed by atoms with Crippen LogP contribution in [-0.2, 0) is 4.79 Å². The van der Waals surface area contributed by atoms with Crippen LogP contribution in [-0.4, -0.2) is 43.7 Å². The smallest absolute Gasteiger partial charge is 0.222 e. The van der Waals surface area contributed by atoms with Crippen molar-refractivity contribution in [2.75, 3.05) is 26.7 Å². The first-order valence-electron chi connectivity index (χ1n) is 6.85. The zero-order chi connectivity index (χ0) is 14.3. The van der Waals surface area contributed by atoms with Gasteiger partial charge in [-0.1, -0.05) is 12.7 Å². The second kappa shape index (κ2) is 7.89. The molecule has 1 saturated heterocycles. The van der Waals surface area contributed by atoms with Gasteiger partial charge in [-0.15, -0.1) is 0 Å². The predicted molar refractivity (Wildman–Crippen MR) is 80.3 cm³/mol. The summed E-state index contributed by atoms with van der Waals surface area (Å²) in [6.07, 6.45) is 5.84. The number of nitrogens with one attached hydrogen (secondary N) is 1. The molecule has 0 unspecified atom stereocenters. The Labute approximate surface area is 116 Å². The highest BCUT2D eigenvalue weighted by molar-refractivity contribution is 5.80. The first kappa shape index (κ1) is 15.6. The van der Waals surface area contributed by atoms with Gasteiger partial charge in [0.15, 0.2) is 0 Å². The van der Waals surface area contributed by atoms with Gasteiger partial charge in [-0.3, -0.25) is 14.7 Å². The van der Waals surface area contributed by atoms with Crippen LogP contribution in [0, 0.1) is 5.92 Å². The van der Waals surface area contributed by atoms with Crippen molar-refractivity contribution in [1.29, 1.82) is 0 Å². The van der Waals surface area contributed by atoms with Gasteiger partial charge in [0.1, 0.15) is 0 Å². The molecular weight excluding hydrogens is 238 g/mol. The van der Waals surface area contributed by atoms with Crippen LogP contribution in [0.25, 0.3) is 0 Å². The molecule has 19 heavy (non-hydrogen) atoms. The Morgan fingerprint density at radius 2 is 2.11 bits per heavy atom. The number of hydrogen-bond donors (Lipinski definition) is 1. The molecule has 4 nitrogen and oxygen atoms in total. The van der Waals surface area contributed by atoms with Crippen LogP contribution < -0.4 is 5.32 Å². The quantitative estimate of drug-likeness (QED) is 0.771. The molecule has 0 aromatic rings. The summed E-state index contributed by atoms with van der Waals surface area (Å²) in [4.78, 5) is 18.2. The third-order valence-electron chi connectivity index (χ3n) is 3.43. The average molecular weight is 263 g/mol. The number of carbonyl (C=O) groups excluding carboxylic acids is 1. The second-order valence-electron chi connectivity index (χ2n) is 5.02. The maximum absolute atomic E-state index is 11.6. The maximum atomic E-state index is 11.6.